The van der Waals surface area contributed by atoms with Crippen molar-refractivity contribution in [2.24, 2.45) is 5.73 Å². The molecule has 0 saturated carbocycles. The minimum atomic E-state index is -0.131. The maximum Gasteiger partial charge on any atom is 0.123 e. The minimum absolute atomic E-state index is 0.116. The van der Waals surface area contributed by atoms with Crippen LogP contribution in [0.1, 0.15) is 42.1 Å². The monoisotopic (exact) mass is 345 g/mol. The van der Waals surface area contributed by atoms with Gasteiger partial charge in [-0.05, 0) is 55.2 Å². The van der Waals surface area contributed by atoms with E-state index in [1.807, 2.05) is 6.07 Å². The van der Waals surface area contributed by atoms with Crippen LogP contribution >= 0.6 is 15.9 Å². The predicted octanol–water partition coefficient (Wildman–Crippen LogP) is 4.52. The normalized spacial score (nSPS) is 17.2. The van der Waals surface area contributed by atoms with Crippen molar-refractivity contribution in [1.29, 1.82) is 0 Å². The molecule has 1 aliphatic heterocycles. The second-order valence-corrected chi connectivity index (χ2v) is 7.26. The van der Waals surface area contributed by atoms with Gasteiger partial charge in [0.25, 0.3) is 0 Å². The number of rotatable bonds is 2. The molecule has 0 bridgehead atoms. The average Bonchev–Trinajstić information content (AvgIpc) is 2.70. The van der Waals surface area contributed by atoms with Gasteiger partial charge in [0.2, 0.25) is 0 Å². The summed E-state index contributed by atoms with van der Waals surface area (Å²) < 4.78 is 6.99. The van der Waals surface area contributed by atoms with Gasteiger partial charge >= 0.3 is 0 Å². The van der Waals surface area contributed by atoms with Crippen molar-refractivity contribution in [3.05, 3.63) is 63.1 Å². The summed E-state index contributed by atoms with van der Waals surface area (Å²) in [6.45, 7) is 6.31. The molecule has 1 unspecified atom stereocenters. The lowest BCUT2D eigenvalue weighted by Gasteiger charge is -2.16. The van der Waals surface area contributed by atoms with E-state index in [-0.39, 0.29) is 11.6 Å². The third-order valence-electron chi connectivity index (χ3n) is 3.94. The maximum atomic E-state index is 6.46. The fraction of sp³-hybridized carbons (Fsp3) is 0.333. The first-order chi connectivity index (χ1) is 9.85. The molecule has 0 aliphatic carbocycles. The van der Waals surface area contributed by atoms with Crippen LogP contribution in [0.5, 0.6) is 5.75 Å². The Hall–Kier alpha value is -1.32. The molecule has 2 nitrogen and oxygen atoms in total. The van der Waals surface area contributed by atoms with Crippen LogP contribution in [0.3, 0.4) is 0 Å². The van der Waals surface area contributed by atoms with Crippen molar-refractivity contribution in [3.8, 4) is 5.75 Å². The van der Waals surface area contributed by atoms with Gasteiger partial charge in [-0.2, -0.15) is 0 Å². The Morgan fingerprint density at radius 2 is 1.95 bits per heavy atom. The highest BCUT2D eigenvalue weighted by atomic mass is 79.9. The molecule has 0 saturated heterocycles. The second-order valence-electron chi connectivity index (χ2n) is 6.41. The third-order valence-corrected chi connectivity index (χ3v) is 4.62. The molecule has 2 N–H and O–H groups in total. The van der Waals surface area contributed by atoms with Crippen molar-refractivity contribution in [2.45, 2.75) is 38.8 Å². The van der Waals surface area contributed by atoms with Crippen LogP contribution in [-0.4, -0.2) is 5.60 Å². The number of hydrogen-bond donors (Lipinski definition) is 1. The number of nitrogens with two attached hydrogens (primary N) is 1. The summed E-state index contributed by atoms with van der Waals surface area (Å²) in [7, 11) is 0. The van der Waals surface area contributed by atoms with Crippen LogP contribution < -0.4 is 10.5 Å². The standard InChI is InChI=1S/C18H20BrNO/c1-11-4-6-14(15(19)8-11)17(20)12-5-7-16-13(9-12)10-18(2,3)21-16/h4-9,17H,10,20H2,1-3H3. The van der Waals surface area contributed by atoms with Gasteiger partial charge in [0.1, 0.15) is 11.4 Å². The van der Waals surface area contributed by atoms with E-state index in [0.717, 1.165) is 27.8 Å². The van der Waals surface area contributed by atoms with E-state index in [9.17, 15) is 0 Å². The summed E-state index contributed by atoms with van der Waals surface area (Å²) in [5.74, 6) is 0.985. The van der Waals surface area contributed by atoms with Crippen molar-refractivity contribution < 1.29 is 4.74 Å². The lowest BCUT2D eigenvalue weighted by molar-refractivity contribution is 0.138. The molecule has 0 fully saturated rings. The second kappa shape index (κ2) is 5.15. The quantitative estimate of drug-likeness (QED) is 0.868. The van der Waals surface area contributed by atoms with Gasteiger partial charge in [0.15, 0.2) is 0 Å². The zero-order valence-corrected chi connectivity index (χ0v) is 14.2. The summed E-state index contributed by atoms with van der Waals surface area (Å²) in [5, 5.41) is 0. The zero-order chi connectivity index (χ0) is 15.2. The predicted molar refractivity (Wildman–Crippen MR) is 89.8 cm³/mol. The van der Waals surface area contributed by atoms with E-state index in [0.29, 0.717) is 0 Å². The van der Waals surface area contributed by atoms with Crippen LogP contribution in [0, 0.1) is 6.92 Å². The number of halogens is 1. The number of benzene rings is 2. The SMILES string of the molecule is Cc1ccc(C(N)c2ccc3c(c2)CC(C)(C)O3)c(Br)c1. The molecule has 3 heteroatoms. The molecule has 3 rings (SSSR count). The van der Waals surface area contributed by atoms with Crippen LogP contribution in [0.4, 0.5) is 0 Å². The van der Waals surface area contributed by atoms with Crippen molar-refractivity contribution in [1.82, 2.24) is 0 Å². The third kappa shape index (κ3) is 2.85. The molecule has 0 aromatic heterocycles. The summed E-state index contributed by atoms with van der Waals surface area (Å²) in [6, 6.07) is 12.5. The van der Waals surface area contributed by atoms with Crippen LogP contribution in [0.2, 0.25) is 0 Å². The molecule has 0 radical (unpaired) electrons. The van der Waals surface area contributed by atoms with Crippen molar-refractivity contribution in [2.75, 3.05) is 0 Å². The first-order valence-electron chi connectivity index (χ1n) is 7.19. The van der Waals surface area contributed by atoms with Crippen LogP contribution in [0.15, 0.2) is 40.9 Å². The lowest BCUT2D eigenvalue weighted by atomic mass is 9.94. The van der Waals surface area contributed by atoms with E-state index in [4.69, 9.17) is 10.5 Å². The molecule has 2 aromatic rings. The summed E-state index contributed by atoms with van der Waals surface area (Å²) in [4.78, 5) is 0. The Kier molecular flexibility index (Phi) is 3.58. The van der Waals surface area contributed by atoms with Gasteiger partial charge < -0.3 is 10.5 Å². The molecule has 1 heterocycles. The smallest absolute Gasteiger partial charge is 0.123 e. The van der Waals surface area contributed by atoms with Crippen molar-refractivity contribution >= 4 is 15.9 Å². The lowest BCUT2D eigenvalue weighted by Crippen LogP contribution is -2.24. The summed E-state index contributed by atoms with van der Waals surface area (Å²) in [5.41, 5.74) is 11.0. The Balaban J connectivity index is 1.95. The number of ether oxygens (including phenoxy) is 1. The average molecular weight is 346 g/mol. The molecule has 1 atom stereocenters. The number of aryl methyl sites for hydroxylation is 1. The molecule has 1 aliphatic rings. The highest BCUT2D eigenvalue weighted by molar-refractivity contribution is 9.10. The summed E-state index contributed by atoms with van der Waals surface area (Å²) in [6.07, 6.45) is 0.929. The maximum absolute atomic E-state index is 6.46. The van der Waals surface area contributed by atoms with Gasteiger partial charge in [0.05, 0.1) is 6.04 Å². The molecule has 0 spiro atoms. The zero-order valence-electron chi connectivity index (χ0n) is 12.6. The Bertz CT molecular complexity index is 694. The first kappa shape index (κ1) is 14.6. The molecule has 110 valence electrons. The van der Waals surface area contributed by atoms with E-state index >= 15 is 0 Å². The van der Waals surface area contributed by atoms with E-state index in [1.54, 1.807) is 0 Å². The highest BCUT2D eigenvalue weighted by Gasteiger charge is 2.30. The fourth-order valence-corrected chi connectivity index (χ4v) is 3.63. The van der Waals surface area contributed by atoms with Crippen molar-refractivity contribution in [3.63, 3.8) is 0 Å². The van der Waals surface area contributed by atoms with E-state index in [1.165, 1.54) is 11.1 Å². The van der Waals surface area contributed by atoms with Gasteiger partial charge in [-0.3, -0.25) is 0 Å². The Morgan fingerprint density at radius 1 is 1.19 bits per heavy atom. The van der Waals surface area contributed by atoms with Gasteiger partial charge in [0, 0.05) is 10.9 Å². The van der Waals surface area contributed by atoms with E-state index < -0.39 is 0 Å². The fourth-order valence-electron chi connectivity index (χ4n) is 2.89. The Morgan fingerprint density at radius 3 is 2.67 bits per heavy atom. The summed E-state index contributed by atoms with van der Waals surface area (Å²) >= 11 is 3.62. The van der Waals surface area contributed by atoms with Gasteiger partial charge in [-0.15, -0.1) is 0 Å². The highest BCUT2D eigenvalue weighted by Crippen LogP contribution is 2.37. The van der Waals surface area contributed by atoms with Crippen LogP contribution in [0.25, 0.3) is 0 Å². The Labute approximate surface area is 134 Å². The molecular formula is C18H20BrNO. The number of fused-ring (bicyclic) bond motifs is 1. The topological polar surface area (TPSA) is 35.2 Å². The minimum Gasteiger partial charge on any atom is -0.487 e. The van der Waals surface area contributed by atoms with Crippen LogP contribution in [-0.2, 0) is 6.42 Å². The van der Waals surface area contributed by atoms with Gasteiger partial charge in [-0.1, -0.05) is 40.2 Å². The number of hydrogen-bond acceptors (Lipinski definition) is 2. The molecule has 21 heavy (non-hydrogen) atoms. The van der Waals surface area contributed by atoms with Gasteiger partial charge in [-0.25, -0.2) is 0 Å². The largest absolute Gasteiger partial charge is 0.487 e. The molecule has 2 aromatic carbocycles. The first-order valence-corrected chi connectivity index (χ1v) is 7.98. The molecule has 0 amide bonds. The molecular weight excluding hydrogens is 326 g/mol. The van der Waals surface area contributed by atoms with E-state index in [2.05, 4.69) is 67.0 Å².